The van der Waals surface area contributed by atoms with Crippen molar-refractivity contribution in [2.45, 2.75) is 19.9 Å². The lowest BCUT2D eigenvalue weighted by Gasteiger charge is -2.07. The quantitative estimate of drug-likeness (QED) is 0.567. The Morgan fingerprint density at radius 2 is 2.30 bits per heavy atom. The number of hydrogen-bond donors (Lipinski definition) is 2. The van der Waals surface area contributed by atoms with Crippen molar-refractivity contribution in [2.75, 3.05) is 6.54 Å². The molecule has 3 heteroatoms. The SMILES string of the molecule is C=C(C)CN[C@@H](C)C(=O)O. The molecule has 0 fully saturated rings. The predicted octanol–water partition coefficient (Wildman–Crippen LogP) is 0.625. The van der Waals surface area contributed by atoms with Crippen molar-refractivity contribution in [3.8, 4) is 0 Å². The maximum atomic E-state index is 10.2. The second kappa shape index (κ2) is 4.06. The van der Waals surface area contributed by atoms with Gasteiger partial charge < -0.3 is 10.4 Å². The number of hydrogen-bond acceptors (Lipinski definition) is 2. The fourth-order valence-electron chi connectivity index (χ4n) is 0.415. The molecule has 0 aromatic heterocycles. The zero-order valence-corrected chi connectivity index (χ0v) is 6.35. The Balaban J connectivity index is 3.49. The number of nitrogens with one attached hydrogen (secondary N) is 1. The van der Waals surface area contributed by atoms with Crippen LogP contribution in [0.1, 0.15) is 13.8 Å². The third kappa shape index (κ3) is 4.09. The van der Waals surface area contributed by atoms with Crippen molar-refractivity contribution in [1.29, 1.82) is 0 Å². The Kier molecular flexibility index (Phi) is 3.72. The van der Waals surface area contributed by atoms with Crippen LogP contribution >= 0.6 is 0 Å². The Morgan fingerprint density at radius 3 is 2.60 bits per heavy atom. The van der Waals surface area contributed by atoms with E-state index in [9.17, 15) is 4.79 Å². The number of carboxylic acids is 1. The Labute approximate surface area is 60.7 Å². The van der Waals surface area contributed by atoms with Crippen LogP contribution in [0.2, 0.25) is 0 Å². The van der Waals surface area contributed by atoms with E-state index in [1.807, 2.05) is 6.92 Å². The highest BCUT2D eigenvalue weighted by atomic mass is 16.4. The standard InChI is InChI=1S/C7H13NO2/c1-5(2)4-8-6(3)7(9)10/h6,8H,1,4H2,2-3H3,(H,9,10)/t6-/m0/s1. The zero-order valence-electron chi connectivity index (χ0n) is 6.35. The molecule has 0 spiro atoms. The highest BCUT2D eigenvalue weighted by molar-refractivity contribution is 5.72. The summed E-state index contributed by atoms with van der Waals surface area (Å²) in [5.74, 6) is -0.832. The van der Waals surface area contributed by atoms with E-state index in [2.05, 4.69) is 11.9 Å². The molecule has 2 N–H and O–H groups in total. The topological polar surface area (TPSA) is 49.3 Å². The van der Waals surface area contributed by atoms with Gasteiger partial charge in [0.1, 0.15) is 6.04 Å². The van der Waals surface area contributed by atoms with Crippen LogP contribution in [-0.2, 0) is 4.79 Å². The first-order chi connectivity index (χ1) is 4.54. The second-order valence-corrected chi connectivity index (χ2v) is 2.40. The van der Waals surface area contributed by atoms with Gasteiger partial charge in [-0.25, -0.2) is 0 Å². The molecule has 0 saturated heterocycles. The molecule has 0 aromatic rings. The van der Waals surface area contributed by atoms with Crippen molar-refractivity contribution in [1.82, 2.24) is 5.32 Å². The summed E-state index contributed by atoms with van der Waals surface area (Å²) in [5, 5.41) is 11.2. The largest absolute Gasteiger partial charge is 0.480 e. The van der Waals surface area contributed by atoms with Crippen LogP contribution in [0.5, 0.6) is 0 Å². The first-order valence-corrected chi connectivity index (χ1v) is 3.14. The summed E-state index contributed by atoms with van der Waals surface area (Å²) in [6.07, 6.45) is 0. The van der Waals surface area contributed by atoms with Crippen molar-refractivity contribution in [2.24, 2.45) is 0 Å². The van der Waals surface area contributed by atoms with Gasteiger partial charge in [0, 0.05) is 6.54 Å². The van der Waals surface area contributed by atoms with Crippen molar-refractivity contribution >= 4 is 5.97 Å². The molecule has 0 amide bonds. The molecule has 0 heterocycles. The molecule has 0 aliphatic heterocycles. The fourth-order valence-corrected chi connectivity index (χ4v) is 0.415. The summed E-state index contributed by atoms with van der Waals surface area (Å²) in [6, 6.07) is -0.489. The zero-order chi connectivity index (χ0) is 8.15. The summed E-state index contributed by atoms with van der Waals surface area (Å²) in [6.45, 7) is 7.65. The van der Waals surface area contributed by atoms with Crippen LogP contribution in [0.3, 0.4) is 0 Å². The first kappa shape index (κ1) is 9.17. The third-order valence-electron chi connectivity index (χ3n) is 1.08. The molecule has 0 unspecified atom stereocenters. The van der Waals surface area contributed by atoms with E-state index in [0.29, 0.717) is 6.54 Å². The van der Waals surface area contributed by atoms with Crippen molar-refractivity contribution in [3.05, 3.63) is 12.2 Å². The average molecular weight is 143 g/mol. The number of carbonyl (C=O) groups is 1. The smallest absolute Gasteiger partial charge is 0.320 e. The lowest BCUT2D eigenvalue weighted by atomic mass is 10.3. The van der Waals surface area contributed by atoms with Gasteiger partial charge >= 0.3 is 5.97 Å². The lowest BCUT2D eigenvalue weighted by Crippen LogP contribution is -2.34. The third-order valence-corrected chi connectivity index (χ3v) is 1.08. The normalized spacial score (nSPS) is 12.6. The van der Waals surface area contributed by atoms with E-state index < -0.39 is 12.0 Å². The molecular weight excluding hydrogens is 130 g/mol. The molecule has 0 aliphatic carbocycles. The van der Waals surface area contributed by atoms with E-state index in [-0.39, 0.29) is 0 Å². The number of carboxylic acid groups (broad SMARTS) is 1. The summed E-state index contributed by atoms with van der Waals surface area (Å²) >= 11 is 0. The van der Waals surface area contributed by atoms with Crippen LogP contribution in [0.15, 0.2) is 12.2 Å². The molecule has 0 saturated carbocycles. The first-order valence-electron chi connectivity index (χ1n) is 3.14. The van der Waals surface area contributed by atoms with Crippen LogP contribution in [-0.4, -0.2) is 23.7 Å². The Hall–Kier alpha value is -0.830. The van der Waals surface area contributed by atoms with Crippen LogP contribution < -0.4 is 5.32 Å². The van der Waals surface area contributed by atoms with E-state index >= 15 is 0 Å². The van der Waals surface area contributed by atoms with Crippen LogP contribution in [0, 0.1) is 0 Å². The van der Waals surface area contributed by atoms with Crippen molar-refractivity contribution in [3.63, 3.8) is 0 Å². The second-order valence-electron chi connectivity index (χ2n) is 2.40. The minimum Gasteiger partial charge on any atom is -0.480 e. The van der Waals surface area contributed by atoms with Gasteiger partial charge in [-0.3, -0.25) is 4.79 Å². The fraction of sp³-hybridized carbons (Fsp3) is 0.571. The summed E-state index contributed by atoms with van der Waals surface area (Å²) < 4.78 is 0. The number of aliphatic carboxylic acids is 1. The Morgan fingerprint density at radius 1 is 1.80 bits per heavy atom. The van der Waals surface area contributed by atoms with E-state index in [1.165, 1.54) is 0 Å². The Bertz CT molecular complexity index is 143. The van der Waals surface area contributed by atoms with Gasteiger partial charge in [0.2, 0.25) is 0 Å². The average Bonchev–Trinajstić information content (AvgIpc) is 1.82. The molecule has 0 aliphatic rings. The molecule has 0 bridgehead atoms. The highest BCUT2D eigenvalue weighted by Gasteiger charge is 2.07. The van der Waals surface area contributed by atoms with Gasteiger partial charge in [-0.2, -0.15) is 0 Å². The molecule has 0 radical (unpaired) electrons. The van der Waals surface area contributed by atoms with Gasteiger partial charge in [-0.05, 0) is 13.8 Å². The van der Waals surface area contributed by atoms with Gasteiger partial charge in [-0.1, -0.05) is 12.2 Å². The molecule has 0 aromatic carbocycles. The molecule has 0 rings (SSSR count). The maximum absolute atomic E-state index is 10.2. The van der Waals surface area contributed by atoms with E-state index in [4.69, 9.17) is 5.11 Å². The van der Waals surface area contributed by atoms with E-state index in [0.717, 1.165) is 5.57 Å². The predicted molar refractivity (Wildman–Crippen MR) is 39.9 cm³/mol. The summed E-state index contributed by atoms with van der Waals surface area (Å²) in [5.41, 5.74) is 0.938. The monoisotopic (exact) mass is 143 g/mol. The van der Waals surface area contributed by atoms with Gasteiger partial charge in [0.05, 0.1) is 0 Å². The molecule has 58 valence electrons. The van der Waals surface area contributed by atoms with Crippen LogP contribution in [0.4, 0.5) is 0 Å². The van der Waals surface area contributed by atoms with Gasteiger partial charge in [0.15, 0.2) is 0 Å². The lowest BCUT2D eigenvalue weighted by molar-refractivity contribution is -0.138. The molecule has 3 nitrogen and oxygen atoms in total. The minimum absolute atomic E-state index is 0.489. The van der Waals surface area contributed by atoms with Crippen LogP contribution in [0.25, 0.3) is 0 Å². The van der Waals surface area contributed by atoms with Gasteiger partial charge in [-0.15, -0.1) is 0 Å². The maximum Gasteiger partial charge on any atom is 0.320 e. The molecular formula is C7H13NO2. The molecule has 1 atom stereocenters. The van der Waals surface area contributed by atoms with Gasteiger partial charge in [0.25, 0.3) is 0 Å². The summed E-state index contributed by atoms with van der Waals surface area (Å²) in [7, 11) is 0. The number of rotatable bonds is 4. The van der Waals surface area contributed by atoms with E-state index in [1.54, 1.807) is 6.92 Å². The highest BCUT2D eigenvalue weighted by Crippen LogP contribution is 1.85. The summed E-state index contributed by atoms with van der Waals surface area (Å²) in [4.78, 5) is 10.2. The minimum atomic E-state index is -0.832. The molecule has 10 heavy (non-hydrogen) atoms. The van der Waals surface area contributed by atoms with Crippen molar-refractivity contribution < 1.29 is 9.90 Å².